The number of ether oxygens (including phenoxy) is 1. The maximum absolute atomic E-state index is 13.4. The Morgan fingerprint density at radius 2 is 1.63 bits per heavy atom. The van der Waals surface area contributed by atoms with Gasteiger partial charge in [-0.2, -0.15) is 0 Å². The van der Waals surface area contributed by atoms with E-state index < -0.39 is 33.5 Å². The molecule has 0 bridgehead atoms. The van der Waals surface area contributed by atoms with E-state index in [1.165, 1.54) is 43.3 Å². The third-order valence-corrected chi connectivity index (χ3v) is 8.50. The Bertz CT molecular complexity index is 1720. The van der Waals surface area contributed by atoms with Crippen LogP contribution in [0.5, 0.6) is 11.5 Å². The zero-order valence-electron chi connectivity index (χ0n) is 22.3. The highest BCUT2D eigenvalue weighted by atomic mass is 32.2. The van der Waals surface area contributed by atoms with Crippen molar-refractivity contribution in [3.05, 3.63) is 126 Å². The summed E-state index contributed by atoms with van der Waals surface area (Å²) in [6, 6.07) is 24.3. The van der Waals surface area contributed by atoms with Crippen LogP contribution in [0, 0.1) is 0 Å². The van der Waals surface area contributed by atoms with E-state index in [2.05, 4.69) is 4.98 Å². The molecule has 4 aromatic rings. The molecule has 1 atom stereocenters. The topological polar surface area (TPSA) is 117 Å². The number of hydrogen-bond acceptors (Lipinski definition) is 7. The van der Waals surface area contributed by atoms with Crippen molar-refractivity contribution in [3.8, 4) is 11.5 Å². The lowest BCUT2D eigenvalue weighted by molar-refractivity contribution is -0.140. The van der Waals surface area contributed by atoms with Gasteiger partial charge in [-0.3, -0.25) is 14.6 Å². The molecule has 0 spiro atoms. The number of Topliss-reactive ketones (excluding diaryl/α,β-unsaturated/α-hetero) is 1. The van der Waals surface area contributed by atoms with Gasteiger partial charge in [0.1, 0.15) is 17.3 Å². The van der Waals surface area contributed by atoms with Crippen LogP contribution in [-0.2, 0) is 26.2 Å². The molecular weight excluding hydrogens is 542 g/mol. The van der Waals surface area contributed by atoms with Gasteiger partial charge in [0.25, 0.3) is 11.7 Å². The number of nitrogens with zero attached hydrogens (tertiary/aromatic N) is 3. The maximum Gasteiger partial charge on any atom is 0.295 e. The quantitative estimate of drug-likeness (QED) is 0.185. The van der Waals surface area contributed by atoms with E-state index in [1.54, 1.807) is 60.9 Å². The second-order valence-electron chi connectivity index (χ2n) is 9.59. The number of ketones is 1. The largest absolute Gasteiger partial charge is 0.507 e. The highest BCUT2D eigenvalue weighted by Gasteiger charge is 2.46. The molecule has 1 aliphatic rings. The van der Waals surface area contributed by atoms with E-state index in [0.29, 0.717) is 22.6 Å². The molecule has 10 heteroatoms. The van der Waals surface area contributed by atoms with Crippen molar-refractivity contribution < 1.29 is 27.9 Å². The Balaban J connectivity index is 1.60. The number of hydrogen-bond donors (Lipinski definition) is 1. The molecule has 1 fully saturated rings. The molecule has 208 valence electrons. The molecule has 1 amide bonds. The van der Waals surface area contributed by atoms with E-state index >= 15 is 0 Å². The molecule has 1 aliphatic heterocycles. The summed E-state index contributed by atoms with van der Waals surface area (Å²) in [5.41, 5.74) is 1.34. The predicted octanol–water partition coefficient (Wildman–Crippen LogP) is 4.75. The Morgan fingerprint density at radius 3 is 2.29 bits per heavy atom. The van der Waals surface area contributed by atoms with Crippen LogP contribution in [-0.4, -0.2) is 53.5 Å². The van der Waals surface area contributed by atoms with E-state index in [-0.39, 0.29) is 22.6 Å². The number of carbonyl (C=O) groups excluding carboxylic acids is 2. The van der Waals surface area contributed by atoms with Crippen LogP contribution in [0.1, 0.15) is 22.7 Å². The first-order valence-corrected chi connectivity index (χ1v) is 14.1. The fourth-order valence-corrected chi connectivity index (χ4v) is 5.50. The molecule has 0 radical (unpaired) electrons. The number of para-hydroxylation sites is 1. The monoisotopic (exact) mass is 569 g/mol. The first-order valence-electron chi connectivity index (χ1n) is 12.7. The average Bonchev–Trinajstić information content (AvgIpc) is 3.23. The smallest absolute Gasteiger partial charge is 0.295 e. The zero-order valence-corrected chi connectivity index (χ0v) is 23.2. The van der Waals surface area contributed by atoms with Crippen LogP contribution < -0.4 is 4.74 Å². The highest BCUT2D eigenvalue weighted by Crippen LogP contribution is 2.41. The number of sulfonamides is 1. The third kappa shape index (κ3) is 5.60. The van der Waals surface area contributed by atoms with Crippen LogP contribution in [0.15, 0.2) is 114 Å². The van der Waals surface area contributed by atoms with Gasteiger partial charge in [-0.1, -0.05) is 36.4 Å². The summed E-state index contributed by atoms with van der Waals surface area (Å²) >= 11 is 0. The number of rotatable bonds is 8. The second kappa shape index (κ2) is 11.4. The van der Waals surface area contributed by atoms with Gasteiger partial charge in [0.15, 0.2) is 0 Å². The predicted molar refractivity (Wildman–Crippen MR) is 152 cm³/mol. The lowest BCUT2D eigenvalue weighted by atomic mass is 9.95. The molecular formula is C31H27N3O6S. The van der Waals surface area contributed by atoms with Gasteiger partial charge in [-0.25, -0.2) is 12.7 Å². The number of aromatic nitrogens is 1. The number of likely N-dealkylation sites (tertiary alicyclic amines) is 1. The van der Waals surface area contributed by atoms with Crippen LogP contribution in [0.3, 0.4) is 0 Å². The number of carbonyl (C=O) groups is 2. The lowest BCUT2D eigenvalue weighted by Gasteiger charge is -2.25. The summed E-state index contributed by atoms with van der Waals surface area (Å²) in [4.78, 5) is 32.3. The summed E-state index contributed by atoms with van der Waals surface area (Å²) in [5.74, 6) is -0.941. The van der Waals surface area contributed by atoms with Crippen molar-refractivity contribution in [2.75, 3.05) is 14.1 Å². The fraction of sp³-hybridized carbons (Fsp3) is 0.129. The number of amides is 1. The minimum atomic E-state index is -3.70. The van der Waals surface area contributed by atoms with Crippen LogP contribution in [0.2, 0.25) is 0 Å². The van der Waals surface area contributed by atoms with Crippen molar-refractivity contribution in [2.45, 2.75) is 17.5 Å². The van der Waals surface area contributed by atoms with Gasteiger partial charge in [0, 0.05) is 38.6 Å². The molecule has 3 aromatic carbocycles. The lowest BCUT2D eigenvalue weighted by Crippen LogP contribution is -2.29. The van der Waals surface area contributed by atoms with Gasteiger partial charge in [0.05, 0.1) is 16.5 Å². The highest BCUT2D eigenvalue weighted by molar-refractivity contribution is 7.89. The number of aliphatic hydroxyl groups excluding tert-OH is 1. The van der Waals surface area contributed by atoms with Crippen molar-refractivity contribution in [1.29, 1.82) is 0 Å². The van der Waals surface area contributed by atoms with Gasteiger partial charge in [-0.15, -0.1) is 0 Å². The first-order chi connectivity index (χ1) is 19.7. The first kappa shape index (κ1) is 27.8. The van der Waals surface area contributed by atoms with E-state index in [9.17, 15) is 23.1 Å². The Morgan fingerprint density at radius 1 is 0.927 bits per heavy atom. The molecule has 0 saturated carbocycles. The van der Waals surface area contributed by atoms with E-state index in [1.807, 2.05) is 18.2 Å². The minimum absolute atomic E-state index is 0.0263. The normalized spacial score (nSPS) is 16.8. The fourth-order valence-electron chi connectivity index (χ4n) is 4.60. The Hall–Kier alpha value is -4.80. The standard InChI is InChI=1S/C31H27N3O6S/c1-33(2)41(38,39)26-15-13-22(14-16-26)29(35)27-28(34(31(37)30(27)36)20-21-8-7-17-32-19-21)23-9-6-12-25(18-23)40-24-10-4-3-5-11-24/h3-19,28,35H,20H2,1-2H3/b29-27+. The molecule has 1 saturated heterocycles. The molecule has 41 heavy (non-hydrogen) atoms. The van der Waals surface area contributed by atoms with Crippen molar-refractivity contribution in [3.63, 3.8) is 0 Å². The summed E-state index contributed by atoms with van der Waals surface area (Å²) in [5, 5.41) is 11.4. The molecule has 2 heterocycles. The molecule has 9 nitrogen and oxygen atoms in total. The van der Waals surface area contributed by atoms with Gasteiger partial charge in [-0.05, 0) is 65.7 Å². The molecule has 1 unspecified atom stereocenters. The van der Waals surface area contributed by atoms with Crippen molar-refractivity contribution in [1.82, 2.24) is 14.2 Å². The molecule has 1 aromatic heterocycles. The van der Waals surface area contributed by atoms with E-state index in [0.717, 1.165) is 4.31 Å². The molecule has 1 N–H and O–H groups in total. The summed E-state index contributed by atoms with van der Waals surface area (Å²) < 4.78 is 32.1. The van der Waals surface area contributed by atoms with Crippen LogP contribution in [0.4, 0.5) is 0 Å². The SMILES string of the molecule is CN(C)S(=O)(=O)c1ccc(/C(O)=C2\C(=O)C(=O)N(Cc3cccnc3)C2c2cccc(Oc3ccccc3)c2)cc1. The van der Waals surface area contributed by atoms with Crippen molar-refractivity contribution >= 4 is 27.5 Å². The second-order valence-corrected chi connectivity index (χ2v) is 11.7. The zero-order chi connectivity index (χ0) is 29.1. The van der Waals surface area contributed by atoms with E-state index in [4.69, 9.17) is 4.74 Å². The summed E-state index contributed by atoms with van der Waals surface area (Å²) in [7, 11) is -0.861. The third-order valence-electron chi connectivity index (χ3n) is 6.67. The van der Waals surface area contributed by atoms with Crippen LogP contribution in [0.25, 0.3) is 5.76 Å². The minimum Gasteiger partial charge on any atom is -0.507 e. The Labute approximate surface area is 238 Å². The molecule has 0 aliphatic carbocycles. The summed E-state index contributed by atoms with van der Waals surface area (Å²) in [6.07, 6.45) is 3.22. The van der Waals surface area contributed by atoms with Crippen LogP contribution >= 0.6 is 0 Å². The maximum atomic E-state index is 13.4. The number of benzene rings is 3. The average molecular weight is 570 g/mol. The van der Waals surface area contributed by atoms with Crippen molar-refractivity contribution in [2.24, 2.45) is 0 Å². The number of pyridine rings is 1. The molecule has 5 rings (SSSR count). The van der Waals surface area contributed by atoms with Gasteiger partial charge in [0.2, 0.25) is 10.0 Å². The van der Waals surface area contributed by atoms with Gasteiger partial charge < -0.3 is 14.7 Å². The summed E-state index contributed by atoms with van der Waals surface area (Å²) in [6.45, 7) is 0.0731. The Kier molecular flexibility index (Phi) is 7.69. The number of aliphatic hydroxyl groups is 1. The van der Waals surface area contributed by atoms with Gasteiger partial charge >= 0.3 is 0 Å².